The van der Waals surface area contributed by atoms with E-state index in [0.717, 1.165) is 25.0 Å². The number of piperidine rings is 1. The molecule has 0 saturated carbocycles. The Bertz CT molecular complexity index is 1820. The largest absolute Gasteiger partial charge is 0.494 e. The third-order valence-electron chi connectivity index (χ3n) is 8.13. The number of anilines is 2. The maximum atomic E-state index is 14.6. The highest BCUT2D eigenvalue weighted by Crippen LogP contribution is 2.34. The Balaban J connectivity index is 1.12. The van der Waals surface area contributed by atoms with Gasteiger partial charge < -0.3 is 10.1 Å². The zero-order valence-corrected chi connectivity index (χ0v) is 24.6. The number of carbonyl (C=O) groups is 3. The van der Waals surface area contributed by atoms with E-state index in [0.29, 0.717) is 53.2 Å². The monoisotopic (exact) mass is 639 g/mol. The number of ether oxygens (including phenoxy) is 1. The second-order valence-corrected chi connectivity index (χ2v) is 11.2. The molecule has 2 aromatic heterocycles. The normalized spacial score (nSPS) is 16.5. The van der Waals surface area contributed by atoms with Crippen molar-refractivity contribution < 1.29 is 36.7 Å². The third-order valence-corrected chi connectivity index (χ3v) is 8.13. The smallest absolute Gasteiger partial charge is 0.416 e. The van der Waals surface area contributed by atoms with E-state index in [-0.39, 0.29) is 30.5 Å². The molecule has 4 amide bonds. The van der Waals surface area contributed by atoms with Crippen molar-refractivity contribution in [1.82, 2.24) is 25.0 Å². The molecule has 0 spiro atoms. The highest BCUT2D eigenvalue weighted by Gasteiger charge is 2.31. The molecule has 2 N–H and O–H groups in total. The zero-order chi connectivity index (χ0) is 32.6. The summed E-state index contributed by atoms with van der Waals surface area (Å²) in [5, 5.41) is 10.3. The van der Waals surface area contributed by atoms with Crippen LogP contribution in [0.25, 0.3) is 10.9 Å². The number of hydrogen-bond donors (Lipinski definition) is 2. The fraction of sp³-hybridized carbons (Fsp3) is 0.323. The molecule has 46 heavy (non-hydrogen) atoms. The summed E-state index contributed by atoms with van der Waals surface area (Å²) < 4.78 is 61.3. The Morgan fingerprint density at radius 2 is 1.89 bits per heavy atom. The molecule has 6 rings (SSSR count). The summed E-state index contributed by atoms with van der Waals surface area (Å²) in [6.45, 7) is 1.77. The molecule has 0 unspecified atom stereocenters. The van der Waals surface area contributed by atoms with Crippen LogP contribution in [0.5, 0.6) is 5.75 Å². The van der Waals surface area contributed by atoms with E-state index in [1.54, 1.807) is 18.2 Å². The van der Waals surface area contributed by atoms with Gasteiger partial charge in [-0.1, -0.05) is 6.07 Å². The van der Waals surface area contributed by atoms with Crippen LogP contribution >= 0.6 is 0 Å². The average Bonchev–Trinajstić information content (AvgIpc) is 3.45. The van der Waals surface area contributed by atoms with Gasteiger partial charge in [0.1, 0.15) is 5.75 Å². The number of methoxy groups -OCH3 is 1. The number of alkyl halides is 3. The van der Waals surface area contributed by atoms with E-state index >= 15 is 0 Å². The summed E-state index contributed by atoms with van der Waals surface area (Å²) in [5.41, 5.74) is 0.603. The van der Waals surface area contributed by atoms with Gasteiger partial charge in [0.15, 0.2) is 0 Å². The molecule has 0 aliphatic carbocycles. The molecule has 4 aromatic rings. The van der Waals surface area contributed by atoms with Crippen molar-refractivity contribution in [1.29, 1.82) is 0 Å². The van der Waals surface area contributed by atoms with Gasteiger partial charge in [-0.15, -0.1) is 0 Å². The SMILES string of the molecule is COc1cc2nn(C3CCN(Cc4cc(N5CCC(=O)NC5=O)cnc4F)CC3)cc2cc1NC(=O)c1cccc(C(F)(F)F)c1. The maximum absolute atomic E-state index is 14.6. The molecular formula is C31H29F4N7O4. The van der Waals surface area contributed by atoms with Crippen molar-refractivity contribution in [3.05, 3.63) is 77.5 Å². The van der Waals surface area contributed by atoms with Gasteiger partial charge in [0, 0.05) is 61.4 Å². The van der Waals surface area contributed by atoms with Crippen LogP contribution < -0.4 is 20.3 Å². The number of nitrogens with one attached hydrogen (secondary N) is 2. The summed E-state index contributed by atoms with van der Waals surface area (Å²) in [7, 11) is 1.42. The van der Waals surface area contributed by atoms with Crippen LogP contribution in [0.4, 0.5) is 33.7 Å². The van der Waals surface area contributed by atoms with Gasteiger partial charge in [-0.05, 0) is 43.2 Å². The Labute approximate surface area is 260 Å². The van der Waals surface area contributed by atoms with Crippen LogP contribution in [-0.2, 0) is 17.5 Å². The predicted octanol–water partition coefficient (Wildman–Crippen LogP) is 5.13. The number of rotatable bonds is 7. The number of imide groups is 1. The Kier molecular flexibility index (Phi) is 8.34. The molecule has 0 bridgehead atoms. The summed E-state index contributed by atoms with van der Waals surface area (Å²) >= 11 is 0. The molecule has 2 aliphatic rings. The Morgan fingerprint density at radius 1 is 1.11 bits per heavy atom. The number of likely N-dealkylation sites (tertiary alicyclic amines) is 1. The van der Waals surface area contributed by atoms with E-state index in [9.17, 15) is 31.9 Å². The fourth-order valence-electron chi connectivity index (χ4n) is 5.69. The molecule has 0 radical (unpaired) electrons. The summed E-state index contributed by atoms with van der Waals surface area (Å²) in [5.74, 6) is -1.39. The van der Waals surface area contributed by atoms with Gasteiger partial charge in [0.25, 0.3) is 5.91 Å². The first-order valence-corrected chi connectivity index (χ1v) is 14.5. The van der Waals surface area contributed by atoms with Gasteiger partial charge in [0.2, 0.25) is 11.9 Å². The van der Waals surface area contributed by atoms with Crippen molar-refractivity contribution in [3.8, 4) is 5.75 Å². The van der Waals surface area contributed by atoms with Gasteiger partial charge in [0.05, 0.1) is 41.8 Å². The third kappa shape index (κ3) is 6.49. The number of fused-ring (bicyclic) bond motifs is 1. The zero-order valence-electron chi connectivity index (χ0n) is 24.6. The van der Waals surface area contributed by atoms with Crippen molar-refractivity contribution >= 4 is 40.1 Å². The minimum Gasteiger partial charge on any atom is -0.494 e. The number of halogens is 4. The quantitative estimate of drug-likeness (QED) is 0.212. The molecule has 11 nitrogen and oxygen atoms in total. The van der Waals surface area contributed by atoms with E-state index < -0.39 is 29.6 Å². The van der Waals surface area contributed by atoms with E-state index in [1.165, 1.54) is 30.3 Å². The molecule has 0 atom stereocenters. The second kappa shape index (κ2) is 12.4. The lowest BCUT2D eigenvalue weighted by molar-refractivity contribution is -0.137. The molecule has 2 fully saturated rings. The molecule has 4 heterocycles. The molecule has 15 heteroatoms. The lowest BCUT2D eigenvalue weighted by Gasteiger charge is -2.32. The number of benzene rings is 2. The van der Waals surface area contributed by atoms with Crippen molar-refractivity contribution in [2.45, 2.75) is 38.0 Å². The van der Waals surface area contributed by atoms with Gasteiger partial charge >= 0.3 is 12.2 Å². The first kappa shape index (κ1) is 31.0. The van der Waals surface area contributed by atoms with E-state index in [4.69, 9.17) is 9.84 Å². The topological polar surface area (TPSA) is 122 Å². The first-order chi connectivity index (χ1) is 22.0. The minimum absolute atomic E-state index is 0.0432. The lowest BCUT2D eigenvalue weighted by atomic mass is 10.0. The molecular weight excluding hydrogens is 610 g/mol. The number of hydrogen-bond acceptors (Lipinski definition) is 7. The number of amides is 4. The number of aromatic nitrogens is 3. The van der Waals surface area contributed by atoms with Gasteiger partial charge in [-0.2, -0.15) is 22.7 Å². The van der Waals surface area contributed by atoms with Crippen molar-refractivity contribution in [3.63, 3.8) is 0 Å². The Morgan fingerprint density at radius 3 is 2.61 bits per heavy atom. The number of carbonyl (C=O) groups excluding carboxylic acids is 3. The summed E-state index contributed by atoms with van der Waals surface area (Å²) in [6.07, 6.45) is 0.130. The molecule has 2 saturated heterocycles. The van der Waals surface area contributed by atoms with Gasteiger partial charge in [-0.25, -0.2) is 9.78 Å². The van der Waals surface area contributed by atoms with Crippen LogP contribution in [-0.4, -0.2) is 64.3 Å². The molecule has 2 aromatic carbocycles. The number of urea groups is 1. The molecule has 240 valence electrons. The highest BCUT2D eigenvalue weighted by atomic mass is 19.4. The van der Waals surface area contributed by atoms with Crippen LogP contribution in [0.15, 0.2) is 54.9 Å². The van der Waals surface area contributed by atoms with Crippen molar-refractivity contribution in [2.24, 2.45) is 0 Å². The lowest BCUT2D eigenvalue weighted by Crippen LogP contribution is -2.49. The van der Waals surface area contributed by atoms with Crippen molar-refractivity contribution in [2.75, 3.05) is 37.0 Å². The summed E-state index contributed by atoms with van der Waals surface area (Å²) in [4.78, 5) is 43.8. The number of nitrogens with zero attached hydrogens (tertiary/aromatic N) is 5. The van der Waals surface area contributed by atoms with Crippen LogP contribution in [0.1, 0.15) is 46.8 Å². The second-order valence-electron chi connectivity index (χ2n) is 11.2. The Hall–Kier alpha value is -5.05. The predicted molar refractivity (Wildman–Crippen MR) is 159 cm³/mol. The van der Waals surface area contributed by atoms with Crippen LogP contribution in [0, 0.1) is 5.95 Å². The fourth-order valence-corrected chi connectivity index (χ4v) is 5.69. The van der Waals surface area contributed by atoms with Crippen LogP contribution in [0.2, 0.25) is 0 Å². The van der Waals surface area contributed by atoms with E-state index in [2.05, 4.69) is 20.5 Å². The highest BCUT2D eigenvalue weighted by molar-refractivity contribution is 6.06. The number of pyridine rings is 1. The standard InChI is InChI=1S/C31H29F4N7O4/c1-46-26-14-24-19(13-25(26)37-29(44)18-3-2-4-21(11-18)31(33,34)35)17-42(39-24)22-5-8-40(9-6-22)16-20-12-23(15-36-28(20)32)41-10-7-27(43)38-30(41)45/h2-4,11-15,17,22H,5-10,16H2,1H3,(H,37,44)(H,38,43,45). The van der Waals surface area contributed by atoms with E-state index in [1.807, 2.05) is 10.9 Å². The average molecular weight is 640 g/mol. The summed E-state index contributed by atoms with van der Waals surface area (Å²) in [6, 6.07) is 8.56. The minimum atomic E-state index is -4.58. The molecule has 2 aliphatic heterocycles. The first-order valence-electron chi connectivity index (χ1n) is 14.5. The van der Waals surface area contributed by atoms with Crippen LogP contribution in [0.3, 0.4) is 0 Å². The van der Waals surface area contributed by atoms with Gasteiger partial charge in [-0.3, -0.25) is 29.4 Å². The maximum Gasteiger partial charge on any atom is 0.416 e.